The van der Waals surface area contributed by atoms with Crippen LogP contribution in [0.5, 0.6) is 17.2 Å². The molecule has 2 aromatic carbocycles. The summed E-state index contributed by atoms with van der Waals surface area (Å²) in [5.74, 6) is 0.930. The largest absolute Gasteiger partial charge is 0.493 e. The van der Waals surface area contributed by atoms with Gasteiger partial charge in [-0.25, -0.2) is 0 Å². The molecule has 0 N–H and O–H groups in total. The van der Waals surface area contributed by atoms with Crippen molar-refractivity contribution in [2.75, 3.05) is 47.3 Å². The highest BCUT2D eigenvalue weighted by Gasteiger charge is 2.42. The lowest BCUT2D eigenvalue weighted by Crippen LogP contribution is -2.35. The maximum absolute atomic E-state index is 13.5. The van der Waals surface area contributed by atoms with Crippen LogP contribution in [0.4, 0.5) is 0 Å². The minimum atomic E-state index is -3.60. The summed E-state index contributed by atoms with van der Waals surface area (Å²) in [6.07, 6.45) is 1.97. The number of methoxy groups -OCH3 is 3. The summed E-state index contributed by atoms with van der Waals surface area (Å²) < 4.78 is 44.1. The predicted octanol–water partition coefficient (Wildman–Crippen LogP) is 4.17. The van der Waals surface area contributed by atoms with Crippen LogP contribution in [0, 0.1) is 0 Å². The van der Waals surface area contributed by atoms with Crippen LogP contribution < -0.4 is 14.2 Å². The lowest BCUT2D eigenvalue weighted by atomic mass is 9.77. The van der Waals surface area contributed by atoms with Crippen molar-refractivity contribution in [3.8, 4) is 17.2 Å². The molecule has 186 valence electrons. The average molecular weight is 532 g/mol. The second-order valence-corrected chi connectivity index (χ2v) is 10.5. The molecule has 1 fully saturated rings. The molecule has 1 aliphatic heterocycles. The Morgan fingerprint density at radius 2 is 1.68 bits per heavy atom. The molecule has 1 atom stereocenters. The molecule has 0 bridgehead atoms. The lowest BCUT2D eigenvalue weighted by molar-refractivity contribution is 0.0779. The molecule has 34 heavy (non-hydrogen) atoms. The van der Waals surface area contributed by atoms with Gasteiger partial charge in [-0.3, -0.25) is 8.98 Å². The molecule has 0 saturated carbocycles. The minimum Gasteiger partial charge on any atom is -0.493 e. The van der Waals surface area contributed by atoms with Crippen LogP contribution in [-0.2, 0) is 19.7 Å². The van der Waals surface area contributed by atoms with Gasteiger partial charge < -0.3 is 19.1 Å². The van der Waals surface area contributed by atoms with Gasteiger partial charge in [-0.15, -0.1) is 0 Å². The fourth-order valence-corrected chi connectivity index (χ4v) is 4.92. The van der Waals surface area contributed by atoms with E-state index in [-0.39, 0.29) is 12.5 Å². The number of hydrogen-bond acceptors (Lipinski definition) is 7. The quantitative estimate of drug-likeness (QED) is 0.448. The van der Waals surface area contributed by atoms with Gasteiger partial charge in [0.15, 0.2) is 11.5 Å². The number of nitrogens with zero attached hydrogens (tertiary/aromatic N) is 1. The Hall–Kier alpha value is -2.20. The van der Waals surface area contributed by atoms with E-state index in [4.69, 9.17) is 41.6 Å². The number of rotatable bonds is 9. The first kappa shape index (κ1) is 26.4. The van der Waals surface area contributed by atoms with Crippen molar-refractivity contribution in [3.05, 3.63) is 51.5 Å². The summed E-state index contributed by atoms with van der Waals surface area (Å²) in [6, 6.07) is 8.52. The molecule has 1 heterocycles. The van der Waals surface area contributed by atoms with E-state index in [0.717, 1.165) is 11.8 Å². The third-order valence-corrected chi connectivity index (χ3v) is 7.30. The third kappa shape index (κ3) is 5.71. The lowest BCUT2D eigenvalue weighted by Gasteiger charge is -2.30. The zero-order valence-corrected chi connectivity index (χ0v) is 21.7. The molecule has 1 amide bonds. The SMILES string of the molecule is COc1cc(C(=O)N2CCC(CCOS(C)(=O)=O)(c3ccc(Cl)c(Cl)c3)C2)cc(OC)c1OC. The van der Waals surface area contributed by atoms with Gasteiger partial charge in [0.25, 0.3) is 16.0 Å². The van der Waals surface area contributed by atoms with Gasteiger partial charge in [-0.2, -0.15) is 8.42 Å². The number of hydrogen-bond donors (Lipinski definition) is 0. The Morgan fingerprint density at radius 3 is 2.21 bits per heavy atom. The van der Waals surface area contributed by atoms with Gasteiger partial charge >= 0.3 is 0 Å². The molecule has 1 aliphatic rings. The van der Waals surface area contributed by atoms with E-state index >= 15 is 0 Å². The first-order valence-corrected chi connectivity index (χ1v) is 13.0. The normalized spacial score (nSPS) is 18.1. The summed E-state index contributed by atoms with van der Waals surface area (Å²) in [4.78, 5) is 15.2. The van der Waals surface area contributed by atoms with Gasteiger partial charge in [0.1, 0.15) is 0 Å². The second kappa shape index (κ2) is 10.6. The van der Waals surface area contributed by atoms with Gasteiger partial charge in [-0.05, 0) is 42.7 Å². The first-order chi connectivity index (χ1) is 16.0. The zero-order chi connectivity index (χ0) is 25.1. The van der Waals surface area contributed by atoms with Crippen LogP contribution in [0.25, 0.3) is 0 Å². The minimum absolute atomic E-state index is 0.0225. The van der Waals surface area contributed by atoms with Crippen LogP contribution in [0.3, 0.4) is 0 Å². The number of halogens is 2. The molecule has 0 radical (unpaired) electrons. The molecular formula is C23H27Cl2NO7S. The fraction of sp³-hybridized carbons (Fsp3) is 0.435. The van der Waals surface area contributed by atoms with E-state index in [0.29, 0.717) is 58.8 Å². The summed E-state index contributed by atoms with van der Waals surface area (Å²) in [6.45, 7) is 0.771. The standard InChI is InChI=1S/C23H27Cl2NO7S/c1-30-19-11-15(12-20(31-2)21(19)32-3)22(27)26-9-7-23(14-26,8-10-33-34(4,28)29)16-5-6-17(24)18(25)13-16/h5-6,11-13H,7-10,14H2,1-4H3. The predicted molar refractivity (Wildman–Crippen MR) is 130 cm³/mol. The van der Waals surface area contributed by atoms with Gasteiger partial charge in [-0.1, -0.05) is 29.3 Å². The number of ether oxygens (including phenoxy) is 3. The smallest absolute Gasteiger partial charge is 0.264 e. The van der Waals surface area contributed by atoms with Gasteiger partial charge in [0, 0.05) is 24.1 Å². The fourth-order valence-electron chi connectivity index (χ4n) is 4.23. The summed E-state index contributed by atoms with van der Waals surface area (Å²) >= 11 is 12.4. The molecule has 11 heteroatoms. The molecule has 0 spiro atoms. The summed E-state index contributed by atoms with van der Waals surface area (Å²) in [5.41, 5.74) is 0.681. The molecule has 2 aromatic rings. The Bertz CT molecular complexity index is 1150. The van der Waals surface area contributed by atoms with E-state index in [2.05, 4.69) is 0 Å². The van der Waals surface area contributed by atoms with Crippen LogP contribution in [0.15, 0.2) is 30.3 Å². The maximum atomic E-state index is 13.5. The molecule has 8 nitrogen and oxygen atoms in total. The molecular weight excluding hydrogens is 505 g/mol. The van der Waals surface area contributed by atoms with Crippen molar-refractivity contribution in [1.29, 1.82) is 0 Å². The Balaban J connectivity index is 1.93. The number of benzene rings is 2. The Morgan fingerprint density at radius 1 is 1.03 bits per heavy atom. The number of carbonyl (C=O) groups excluding carboxylic acids is 1. The maximum Gasteiger partial charge on any atom is 0.264 e. The van der Waals surface area contributed by atoms with E-state index in [1.807, 2.05) is 6.07 Å². The van der Waals surface area contributed by atoms with Gasteiger partial charge in [0.05, 0.1) is 44.2 Å². The molecule has 1 unspecified atom stereocenters. The average Bonchev–Trinajstić information content (AvgIpc) is 3.23. The monoisotopic (exact) mass is 531 g/mol. The molecule has 0 aromatic heterocycles. The van der Waals surface area contributed by atoms with Crippen LogP contribution in [0.1, 0.15) is 28.8 Å². The van der Waals surface area contributed by atoms with Crippen LogP contribution in [0.2, 0.25) is 10.0 Å². The molecule has 0 aliphatic carbocycles. The van der Waals surface area contributed by atoms with Gasteiger partial charge in [0.2, 0.25) is 5.75 Å². The van der Waals surface area contributed by atoms with Crippen LogP contribution >= 0.6 is 23.2 Å². The van der Waals surface area contributed by atoms with E-state index in [1.165, 1.54) is 21.3 Å². The van der Waals surface area contributed by atoms with Crippen LogP contribution in [-0.4, -0.2) is 66.5 Å². The highest BCUT2D eigenvalue weighted by Crippen LogP contribution is 2.42. The van der Waals surface area contributed by atoms with E-state index in [1.54, 1.807) is 29.2 Å². The first-order valence-electron chi connectivity index (χ1n) is 10.4. The number of amides is 1. The number of carbonyl (C=O) groups is 1. The highest BCUT2D eigenvalue weighted by molar-refractivity contribution is 7.85. The molecule has 3 rings (SSSR count). The second-order valence-electron chi connectivity index (χ2n) is 8.08. The van der Waals surface area contributed by atoms with Crippen molar-refractivity contribution in [2.24, 2.45) is 0 Å². The summed E-state index contributed by atoms with van der Waals surface area (Å²) in [7, 11) is 0.860. The van der Waals surface area contributed by atoms with Crippen molar-refractivity contribution in [1.82, 2.24) is 4.90 Å². The van der Waals surface area contributed by atoms with Crippen molar-refractivity contribution in [3.63, 3.8) is 0 Å². The zero-order valence-electron chi connectivity index (χ0n) is 19.4. The van der Waals surface area contributed by atoms with Crippen molar-refractivity contribution >= 4 is 39.2 Å². The topological polar surface area (TPSA) is 91.4 Å². The van der Waals surface area contributed by atoms with Crippen molar-refractivity contribution in [2.45, 2.75) is 18.3 Å². The highest BCUT2D eigenvalue weighted by atomic mass is 35.5. The van der Waals surface area contributed by atoms with E-state index < -0.39 is 15.5 Å². The molecule has 1 saturated heterocycles. The Kier molecular flexibility index (Phi) is 8.23. The summed E-state index contributed by atoms with van der Waals surface area (Å²) in [5, 5.41) is 0.799. The Labute approximate surface area is 209 Å². The van der Waals surface area contributed by atoms with E-state index in [9.17, 15) is 13.2 Å². The third-order valence-electron chi connectivity index (χ3n) is 5.96. The van der Waals surface area contributed by atoms with Crippen molar-refractivity contribution < 1.29 is 31.6 Å². The number of likely N-dealkylation sites (tertiary alicyclic amines) is 1.